The summed E-state index contributed by atoms with van der Waals surface area (Å²) < 4.78 is 125. The van der Waals surface area contributed by atoms with E-state index in [9.17, 15) is 48.7 Å². The summed E-state index contributed by atoms with van der Waals surface area (Å²) in [6, 6.07) is 8.16. The predicted octanol–water partition coefficient (Wildman–Crippen LogP) is 5.38. The molecule has 2 N–H and O–H groups in total. The minimum Gasteiger partial charge on any atom is -0.489 e. The van der Waals surface area contributed by atoms with Crippen LogP contribution in [-0.4, -0.2) is 58.6 Å². The normalized spacial score (nSPS) is 16.2. The number of anilines is 2. The van der Waals surface area contributed by atoms with Crippen LogP contribution in [0.1, 0.15) is 26.7 Å². The van der Waals surface area contributed by atoms with Crippen molar-refractivity contribution in [2.45, 2.75) is 49.5 Å². The highest BCUT2D eigenvalue weighted by Crippen LogP contribution is 2.57. The van der Waals surface area contributed by atoms with Crippen molar-refractivity contribution in [3.8, 4) is 5.75 Å². The maximum absolute atomic E-state index is 13.2. The van der Waals surface area contributed by atoms with Crippen molar-refractivity contribution in [1.82, 2.24) is 5.32 Å². The van der Waals surface area contributed by atoms with Gasteiger partial charge in [0.1, 0.15) is 23.6 Å². The van der Waals surface area contributed by atoms with E-state index < -0.39 is 51.2 Å². The molecule has 0 spiro atoms. The van der Waals surface area contributed by atoms with Gasteiger partial charge in [-0.05, 0) is 69.2 Å². The highest BCUT2D eigenvalue weighted by atomic mass is 32.2. The summed E-state index contributed by atoms with van der Waals surface area (Å²) in [5.41, 5.74) is -4.73. The maximum Gasteiger partial charge on any atom is 0.427 e. The van der Waals surface area contributed by atoms with Crippen molar-refractivity contribution in [3.63, 3.8) is 0 Å². The Kier molecular flexibility index (Phi) is 8.96. The number of benzene rings is 2. The van der Waals surface area contributed by atoms with Crippen molar-refractivity contribution < 1.29 is 58.2 Å². The average Bonchev–Trinajstić information content (AvgIpc) is 3.70. The standard InChI is InChI=1S/C19H18F4N2O5S.C6H8F3NO/c1-18(2,19(21,22)23)30-17(26)24-13-5-8-16-15(11-13)25(9-10-29-16)31(27,28)14-6-3-12(20)4-7-14;1-10-4(11)5(2-3-5)6(7,8)9/h3-8,11H,9-10H2,1-2H3,(H,24,26);2-3H2,1H3,(H,10,11). The molecule has 2 aromatic carbocycles. The Hall–Kier alpha value is -3.76. The molecular formula is C25H26F7N3O6S. The summed E-state index contributed by atoms with van der Waals surface area (Å²) in [6.45, 7) is 1.37. The van der Waals surface area contributed by atoms with Crippen LogP contribution in [0.5, 0.6) is 5.75 Å². The summed E-state index contributed by atoms with van der Waals surface area (Å²) in [5, 5.41) is 4.17. The highest BCUT2D eigenvalue weighted by Gasteiger charge is 2.68. The lowest BCUT2D eigenvalue weighted by molar-refractivity contribution is -0.242. The topological polar surface area (TPSA) is 114 Å². The van der Waals surface area contributed by atoms with Crippen LogP contribution in [0.15, 0.2) is 47.4 Å². The van der Waals surface area contributed by atoms with E-state index in [-0.39, 0.29) is 48.0 Å². The molecule has 2 amide bonds. The number of alkyl halides is 6. The summed E-state index contributed by atoms with van der Waals surface area (Å²) in [6.07, 6.45) is -10.7. The van der Waals surface area contributed by atoms with Gasteiger partial charge in [0.05, 0.1) is 17.1 Å². The van der Waals surface area contributed by atoms with Gasteiger partial charge >= 0.3 is 18.4 Å². The first kappa shape index (κ1) is 32.8. The maximum atomic E-state index is 13.2. The van der Waals surface area contributed by atoms with Crippen LogP contribution in [0.25, 0.3) is 0 Å². The molecule has 4 rings (SSSR count). The first-order valence-corrected chi connectivity index (χ1v) is 13.6. The molecule has 17 heteroatoms. The first-order chi connectivity index (χ1) is 19.2. The molecule has 1 aliphatic heterocycles. The Balaban J connectivity index is 0.000000369. The fraction of sp³-hybridized carbons (Fsp3) is 0.440. The van der Waals surface area contributed by atoms with Gasteiger partial charge in [0.2, 0.25) is 11.5 Å². The highest BCUT2D eigenvalue weighted by molar-refractivity contribution is 7.92. The number of fused-ring (bicyclic) bond motifs is 1. The third-order valence-corrected chi connectivity index (χ3v) is 8.24. The molecule has 2 aliphatic rings. The number of nitrogens with zero attached hydrogens (tertiary/aromatic N) is 1. The Morgan fingerprint density at radius 3 is 2.07 bits per heavy atom. The average molecular weight is 630 g/mol. The van der Waals surface area contributed by atoms with Crippen LogP contribution in [0.2, 0.25) is 0 Å². The summed E-state index contributed by atoms with van der Waals surface area (Å²) in [7, 11) is -2.88. The van der Waals surface area contributed by atoms with Gasteiger partial charge in [-0.15, -0.1) is 0 Å². The summed E-state index contributed by atoms with van der Waals surface area (Å²) >= 11 is 0. The predicted molar refractivity (Wildman–Crippen MR) is 135 cm³/mol. The van der Waals surface area contributed by atoms with Gasteiger partial charge in [-0.2, -0.15) is 26.3 Å². The molecule has 1 saturated carbocycles. The van der Waals surface area contributed by atoms with E-state index in [2.05, 4.69) is 10.1 Å². The van der Waals surface area contributed by atoms with E-state index in [0.717, 1.165) is 28.6 Å². The second kappa shape index (κ2) is 11.5. The number of ether oxygens (including phenoxy) is 2. The zero-order chi connectivity index (χ0) is 31.7. The number of carbonyl (C=O) groups excluding carboxylic acids is 2. The molecule has 1 fully saturated rings. The first-order valence-electron chi connectivity index (χ1n) is 12.2. The molecule has 0 radical (unpaired) electrons. The minimum atomic E-state index is -4.78. The molecule has 1 aliphatic carbocycles. The lowest BCUT2D eigenvalue weighted by Gasteiger charge is -2.31. The molecule has 232 valence electrons. The van der Waals surface area contributed by atoms with Crippen LogP contribution in [0.4, 0.5) is 46.9 Å². The largest absolute Gasteiger partial charge is 0.489 e. The van der Waals surface area contributed by atoms with Gasteiger partial charge in [-0.1, -0.05) is 0 Å². The van der Waals surface area contributed by atoms with E-state index in [0.29, 0.717) is 13.8 Å². The van der Waals surface area contributed by atoms with E-state index in [1.807, 2.05) is 5.32 Å². The van der Waals surface area contributed by atoms with E-state index in [1.54, 1.807) is 0 Å². The zero-order valence-electron chi connectivity index (χ0n) is 22.3. The molecule has 0 unspecified atom stereocenters. The van der Waals surface area contributed by atoms with Crippen molar-refractivity contribution in [3.05, 3.63) is 48.3 Å². The van der Waals surface area contributed by atoms with Gasteiger partial charge in [-0.3, -0.25) is 14.4 Å². The Morgan fingerprint density at radius 2 is 1.60 bits per heavy atom. The van der Waals surface area contributed by atoms with Gasteiger partial charge in [-0.25, -0.2) is 17.6 Å². The molecular weight excluding hydrogens is 603 g/mol. The number of amides is 2. The number of sulfonamides is 1. The van der Waals surface area contributed by atoms with Crippen LogP contribution in [0, 0.1) is 11.2 Å². The Bertz CT molecular complexity index is 1420. The summed E-state index contributed by atoms with van der Waals surface area (Å²) in [5.74, 6) is -1.33. The Labute approximate surface area is 236 Å². The van der Waals surface area contributed by atoms with Gasteiger partial charge in [0, 0.05) is 12.7 Å². The van der Waals surface area contributed by atoms with Gasteiger partial charge in [0.15, 0.2) is 0 Å². The van der Waals surface area contributed by atoms with Crippen LogP contribution in [0.3, 0.4) is 0 Å². The fourth-order valence-electron chi connectivity index (χ4n) is 3.69. The van der Waals surface area contributed by atoms with Gasteiger partial charge in [0.25, 0.3) is 10.0 Å². The fourth-order valence-corrected chi connectivity index (χ4v) is 5.14. The smallest absolute Gasteiger partial charge is 0.427 e. The van der Waals surface area contributed by atoms with E-state index in [1.165, 1.54) is 25.2 Å². The minimum absolute atomic E-state index is 0.00784. The Morgan fingerprint density at radius 1 is 1.00 bits per heavy atom. The number of carbonyl (C=O) groups is 2. The molecule has 0 atom stereocenters. The number of hydrogen-bond acceptors (Lipinski definition) is 6. The van der Waals surface area contributed by atoms with Crippen LogP contribution in [-0.2, 0) is 19.6 Å². The summed E-state index contributed by atoms with van der Waals surface area (Å²) in [4.78, 5) is 22.5. The van der Waals surface area contributed by atoms with Crippen molar-refractivity contribution >= 4 is 33.4 Å². The monoisotopic (exact) mass is 629 g/mol. The van der Waals surface area contributed by atoms with Crippen molar-refractivity contribution in [2.75, 3.05) is 29.8 Å². The number of rotatable bonds is 5. The molecule has 0 bridgehead atoms. The second-order valence-corrected chi connectivity index (χ2v) is 11.6. The second-order valence-electron chi connectivity index (χ2n) is 9.74. The molecule has 1 heterocycles. The molecule has 2 aromatic rings. The lowest BCUT2D eigenvalue weighted by atomic mass is 10.1. The molecule has 0 saturated heterocycles. The third kappa shape index (κ3) is 6.82. The van der Waals surface area contributed by atoms with Crippen LogP contribution >= 0.6 is 0 Å². The van der Waals surface area contributed by atoms with Crippen molar-refractivity contribution in [1.29, 1.82) is 0 Å². The van der Waals surface area contributed by atoms with Crippen molar-refractivity contribution in [2.24, 2.45) is 5.41 Å². The third-order valence-electron chi connectivity index (χ3n) is 6.41. The van der Waals surface area contributed by atoms with E-state index >= 15 is 0 Å². The molecule has 0 aromatic heterocycles. The van der Waals surface area contributed by atoms with Crippen LogP contribution < -0.4 is 19.7 Å². The molecule has 9 nitrogen and oxygen atoms in total. The van der Waals surface area contributed by atoms with Gasteiger partial charge < -0.3 is 14.8 Å². The lowest BCUT2D eigenvalue weighted by Crippen LogP contribution is -2.44. The number of halogens is 7. The molecule has 42 heavy (non-hydrogen) atoms. The zero-order valence-corrected chi connectivity index (χ0v) is 23.1. The van der Waals surface area contributed by atoms with E-state index in [4.69, 9.17) is 4.74 Å². The SMILES string of the molecule is CC(C)(OC(=O)Nc1ccc2c(c1)N(S(=O)(=O)c1ccc(F)cc1)CCO2)C(F)(F)F.CNC(=O)C1(C(F)(F)F)CC1. The number of nitrogens with one attached hydrogen (secondary N) is 2. The quantitative estimate of drug-likeness (QED) is 0.430. The number of hydrogen-bond donors (Lipinski definition) is 2.